The highest BCUT2D eigenvalue weighted by Crippen LogP contribution is 2.34. The van der Waals surface area contributed by atoms with Crippen LogP contribution in [-0.4, -0.2) is 46.5 Å². The maximum atomic E-state index is 13.4. The van der Waals surface area contributed by atoms with Gasteiger partial charge < -0.3 is 25.3 Å². The van der Waals surface area contributed by atoms with Gasteiger partial charge in [-0.05, 0) is 37.6 Å². The van der Waals surface area contributed by atoms with Crippen LogP contribution in [0, 0.1) is 6.92 Å². The molecule has 4 aromatic rings. The van der Waals surface area contributed by atoms with Crippen LogP contribution in [0.1, 0.15) is 28.4 Å². The first-order valence-corrected chi connectivity index (χ1v) is 11.5. The molecule has 0 atom stereocenters. The Hall–Kier alpha value is -4.06. The third-order valence-electron chi connectivity index (χ3n) is 5.30. The molecule has 0 saturated carbocycles. The Morgan fingerprint density at radius 1 is 1.16 bits per heavy atom. The summed E-state index contributed by atoms with van der Waals surface area (Å²) in [5.74, 6) is -0.329. The van der Waals surface area contributed by atoms with Crippen molar-refractivity contribution in [1.82, 2.24) is 19.9 Å². The number of nitrogens with one attached hydrogen (secondary N) is 3. The molecule has 37 heavy (non-hydrogen) atoms. The topological polar surface area (TPSA) is 108 Å². The number of pyridine rings is 2. The lowest BCUT2D eigenvalue weighted by Crippen LogP contribution is -2.18. The van der Waals surface area contributed by atoms with E-state index in [-0.39, 0.29) is 29.6 Å². The first-order valence-electron chi connectivity index (χ1n) is 11.1. The van der Waals surface area contributed by atoms with Gasteiger partial charge in [-0.2, -0.15) is 13.2 Å². The molecule has 13 heteroatoms. The molecular formula is C24H23ClF3N7O2. The molecule has 4 rings (SSSR count). The molecule has 194 valence electrons. The van der Waals surface area contributed by atoms with Crippen LogP contribution in [0.25, 0.3) is 11.0 Å². The number of imidazole rings is 1. The second-order valence-electron chi connectivity index (χ2n) is 8.27. The van der Waals surface area contributed by atoms with Gasteiger partial charge in [0.1, 0.15) is 17.4 Å². The standard InChI is InChI=1S/C24H23ClF3N7O2/c1-5-37-18-9-17-16(30-23(31-17)34-21-12(2)10-29-11-15(21)25)8-14(18)22(36)33-19-6-13(24(26,27)28)7-20(32-19)35(3)4/h6-11H,5H2,1-4H3,(H,32,33,36)(H2,29,30,31,34). The molecule has 0 aliphatic carbocycles. The summed E-state index contributed by atoms with van der Waals surface area (Å²) in [6.45, 7) is 3.83. The van der Waals surface area contributed by atoms with Crippen LogP contribution in [0.5, 0.6) is 5.75 Å². The van der Waals surface area contributed by atoms with Crippen molar-refractivity contribution >= 4 is 51.8 Å². The van der Waals surface area contributed by atoms with E-state index in [0.717, 1.165) is 17.7 Å². The third-order valence-corrected chi connectivity index (χ3v) is 5.59. The van der Waals surface area contributed by atoms with Gasteiger partial charge in [-0.3, -0.25) is 9.78 Å². The number of rotatable bonds is 7. The second kappa shape index (κ2) is 10.1. The fourth-order valence-electron chi connectivity index (χ4n) is 3.51. The van der Waals surface area contributed by atoms with E-state index in [9.17, 15) is 18.0 Å². The molecule has 0 saturated heterocycles. The number of ether oxygens (including phenoxy) is 1. The number of carbonyl (C=O) groups excluding carboxylic acids is 1. The molecule has 3 aromatic heterocycles. The van der Waals surface area contributed by atoms with Crippen LogP contribution in [0.3, 0.4) is 0 Å². The highest BCUT2D eigenvalue weighted by molar-refractivity contribution is 6.33. The van der Waals surface area contributed by atoms with Gasteiger partial charge in [0.05, 0.1) is 39.5 Å². The number of aromatic nitrogens is 4. The van der Waals surface area contributed by atoms with Crippen LogP contribution in [0.4, 0.5) is 36.4 Å². The largest absolute Gasteiger partial charge is 0.493 e. The number of aryl methyl sites for hydroxylation is 1. The molecule has 3 N–H and O–H groups in total. The van der Waals surface area contributed by atoms with Crippen LogP contribution in [0.2, 0.25) is 5.02 Å². The monoisotopic (exact) mass is 533 g/mol. The van der Waals surface area contributed by atoms with Crippen LogP contribution < -0.4 is 20.3 Å². The Bertz CT molecular complexity index is 1450. The van der Waals surface area contributed by atoms with Crippen molar-refractivity contribution in [3.8, 4) is 5.75 Å². The molecular weight excluding hydrogens is 511 g/mol. The number of nitrogens with zero attached hydrogens (tertiary/aromatic N) is 4. The number of H-pyrrole nitrogens is 1. The zero-order chi connectivity index (χ0) is 26.9. The second-order valence-corrected chi connectivity index (χ2v) is 8.67. The van der Waals surface area contributed by atoms with E-state index in [1.54, 1.807) is 33.3 Å². The Morgan fingerprint density at radius 2 is 1.92 bits per heavy atom. The molecule has 3 heterocycles. The van der Waals surface area contributed by atoms with Crippen molar-refractivity contribution in [2.24, 2.45) is 0 Å². The number of halogens is 4. The number of benzene rings is 1. The van der Waals surface area contributed by atoms with E-state index in [4.69, 9.17) is 16.3 Å². The molecule has 1 aromatic carbocycles. The van der Waals surface area contributed by atoms with Gasteiger partial charge >= 0.3 is 6.18 Å². The van der Waals surface area contributed by atoms with Gasteiger partial charge in [-0.25, -0.2) is 9.97 Å². The average molecular weight is 534 g/mol. The summed E-state index contributed by atoms with van der Waals surface area (Å²) in [4.78, 5) is 30.3. The minimum absolute atomic E-state index is 0.0416. The van der Waals surface area contributed by atoms with E-state index in [0.29, 0.717) is 27.7 Å². The molecule has 0 unspecified atom stereocenters. The van der Waals surface area contributed by atoms with E-state index >= 15 is 0 Å². The summed E-state index contributed by atoms with van der Waals surface area (Å²) in [6, 6.07) is 4.77. The van der Waals surface area contributed by atoms with Gasteiger partial charge in [0.25, 0.3) is 5.91 Å². The molecule has 1 amide bonds. The number of hydrogen-bond donors (Lipinski definition) is 3. The predicted octanol–water partition coefficient (Wildman–Crippen LogP) is 5.79. The maximum Gasteiger partial charge on any atom is 0.416 e. The fourth-order valence-corrected chi connectivity index (χ4v) is 3.77. The SMILES string of the molecule is CCOc1cc2nc(Nc3c(C)cncc3Cl)[nH]c2cc1C(=O)Nc1cc(C(F)(F)F)cc(N(C)C)n1. The summed E-state index contributed by atoms with van der Waals surface area (Å²) >= 11 is 6.24. The van der Waals surface area contributed by atoms with Crippen LogP contribution in [-0.2, 0) is 6.18 Å². The quantitative estimate of drug-likeness (QED) is 0.276. The summed E-state index contributed by atoms with van der Waals surface area (Å²) in [7, 11) is 3.11. The lowest BCUT2D eigenvalue weighted by molar-refractivity contribution is -0.137. The Morgan fingerprint density at radius 3 is 2.57 bits per heavy atom. The first-order chi connectivity index (χ1) is 17.5. The predicted molar refractivity (Wildman–Crippen MR) is 136 cm³/mol. The van der Waals surface area contributed by atoms with Gasteiger partial charge in [0.2, 0.25) is 5.95 Å². The zero-order valence-corrected chi connectivity index (χ0v) is 21.0. The average Bonchev–Trinajstić information content (AvgIpc) is 3.22. The van der Waals surface area contributed by atoms with Crippen molar-refractivity contribution in [3.63, 3.8) is 0 Å². The van der Waals surface area contributed by atoms with Crippen LogP contribution >= 0.6 is 11.6 Å². The molecule has 0 radical (unpaired) electrons. The number of aromatic amines is 1. The number of fused-ring (bicyclic) bond motifs is 1. The normalized spacial score (nSPS) is 11.5. The van der Waals surface area contributed by atoms with Crippen molar-refractivity contribution in [2.45, 2.75) is 20.0 Å². The Kier molecular flexibility index (Phi) is 7.12. The van der Waals surface area contributed by atoms with Crippen molar-refractivity contribution in [1.29, 1.82) is 0 Å². The number of hydrogen-bond acceptors (Lipinski definition) is 7. The number of alkyl halides is 3. The van der Waals surface area contributed by atoms with E-state index in [2.05, 4.69) is 30.6 Å². The fraction of sp³-hybridized carbons (Fsp3) is 0.250. The smallest absolute Gasteiger partial charge is 0.416 e. The van der Waals surface area contributed by atoms with Crippen molar-refractivity contribution < 1.29 is 22.7 Å². The molecule has 0 spiro atoms. The Labute approximate surface area is 215 Å². The van der Waals surface area contributed by atoms with E-state index < -0.39 is 17.6 Å². The lowest BCUT2D eigenvalue weighted by Gasteiger charge is -2.17. The summed E-state index contributed by atoms with van der Waals surface area (Å²) < 4.78 is 45.9. The highest BCUT2D eigenvalue weighted by Gasteiger charge is 2.32. The van der Waals surface area contributed by atoms with E-state index in [1.165, 1.54) is 17.2 Å². The summed E-state index contributed by atoms with van der Waals surface area (Å²) in [6.07, 6.45) is -1.47. The van der Waals surface area contributed by atoms with Crippen molar-refractivity contribution in [2.75, 3.05) is 36.2 Å². The lowest BCUT2D eigenvalue weighted by atomic mass is 10.1. The molecule has 0 aliphatic rings. The Balaban J connectivity index is 1.70. The molecule has 9 nitrogen and oxygen atoms in total. The van der Waals surface area contributed by atoms with Gasteiger partial charge in [-0.15, -0.1) is 0 Å². The van der Waals surface area contributed by atoms with Crippen LogP contribution in [0.15, 0.2) is 36.7 Å². The first kappa shape index (κ1) is 26.0. The minimum Gasteiger partial charge on any atom is -0.493 e. The highest BCUT2D eigenvalue weighted by atomic mass is 35.5. The number of anilines is 4. The molecule has 0 aliphatic heterocycles. The van der Waals surface area contributed by atoms with Gasteiger partial charge in [0, 0.05) is 32.6 Å². The summed E-state index contributed by atoms with van der Waals surface area (Å²) in [5, 5.41) is 5.97. The minimum atomic E-state index is -4.61. The van der Waals surface area contributed by atoms with Gasteiger partial charge in [0.15, 0.2) is 0 Å². The van der Waals surface area contributed by atoms with E-state index in [1.807, 2.05) is 6.92 Å². The molecule has 0 bridgehead atoms. The molecule has 0 fully saturated rings. The number of amides is 1. The van der Waals surface area contributed by atoms with Crippen molar-refractivity contribution in [3.05, 3.63) is 58.4 Å². The third kappa shape index (κ3) is 5.69. The number of carbonyl (C=O) groups is 1. The maximum absolute atomic E-state index is 13.4. The summed E-state index contributed by atoms with van der Waals surface area (Å²) in [5.41, 5.74) is 1.56. The zero-order valence-electron chi connectivity index (χ0n) is 20.3. The van der Waals surface area contributed by atoms with Gasteiger partial charge in [-0.1, -0.05) is 11.6 Å².